The van der Waals surface area contributed by atoms with E-state index in [1.807, 2.05) is 6.07 Å². The second-order valence-electron chi connectivity index (χ2n) is 3.87. The first-order chi connectivity index (χ1) is 9.60. The van der Waals surface area contributed by atoms with E-state index in [0.29, 0.717) is 22.8 Å². The van der Waals surface area contributed by atoms with E-state index in [0.717, 1.165) is 0 Å². The van der Waals surface area contributed by atoms with Gasteiger partial charge in [0.15, 0.2) is 11.5 Å². The van der Waals surface area contributed by atoms with Gasteiger partial charge in [0.2, 0.25) is 5.95 Å². The normalized spacial score (nSPS) is 9.85. The van der Waals surface area contributed by atoms with Crippen LogP contribution < -0.4 is 20.9 Å². The first kappa shape index (κ1) is 13.4. The first-order valence-corrected chi connectivity index (χ1v) is 5.66. The number of hydrogen-bond acceptors (Lipinski definition) is 7. The third-order valence-electron chi connectivity index (χ3n) is 2.72. The molecule has 20 heavy (non-hydrogen) atoms. The summed E-state index contributed by atoms with van der Waals surface area (Å²) in [5.41, 5.74) is 12.4. The molecule has 0 spiro atoms. The highest BCUT2D eigenvalue weighted by atomic mass is 16.5. The monoisotopic (exact) mass is 271 g/mol. The van der Waals surface area contributed by atoms with Crippen LogP contribution in [0.15, 0.2) is 18.2 Å². The zero-order valence-corrected chi connectivity index (χ0v) is 11.0. The zero-order chi connectivity index (χ0) is 14.7. The molecule has 1 heterocycles. The van der Waals surface area contributed by atoms with Crippen molar-refractivity contribution in [1.29, 1.82) is 5.26 Å². The predicted molar refractivity (Wildman–Crippen MR) is 74.1 cm³/mol. The van der Waals surface area contributed by atoms with Crippen LogP contribution in [0.1, 0.15) is 5.56 Å². The van der Waals surface area contributed by atoms with E-state index in [2.05, 4.69) is 9.97 Å². The van der Waals surface area contributed by atoms with Crippen LogP contribution in [0.2, 0.25) is 0 Å². The van der Waals surface area contributed by atoms with Crippen molar-refractivity contribution in [1.82, 2.24) is 9.97 Å². The number of ether oxygens (including phenoxy) is 2. The van der Waals surface area contributed by atoms with Crippen LogP contribution in [-0.4, -0.2) is 24.2 Å². The molecule has 2 aromatic rings. The lowest BCUT2D eigenvalue weighted by atomic mass is 10.1. The van der Waals surface area contributed by atoms with Crippen LogP contribution in [0.3, 0.4) is 0 Å². The average molecular weight is 271 g/mol. The molecule has 0 fully saturated rings. The van der Waals surface area contributed by atoms with E-state index >= 15 is 0 Å². The lowest BCUT2D eigenvalue weighted by Crippen LogP contribution is -2.05. The minimum absolute atomic E-state index is 0.00582. The smallest absolute Gasteiger partial charge is 0.222 e. The summed E-state index contributed by atoms with van der Waals surface area (Å²) in [6.07, 6.45) is 0. The lowest BCUT2D eigenvalue weighted by Gasteiger charge is -2.11. The van der Waals surface area contributed by atoms with Crippen molar-refractivity contribution >= 4 is 11.8 Å². The summed E-state index contributed by atoms with van der Waals surface area (Å²) in [5, 5.41) is 9.17. The van der Waals surface area contributed by atoms with Gasteiger partial charge in [-0.25, -0.2) is 4.98 Å². The maximum Gasteiger partial charge on any atom is 0.222 e. The lowest BCUT2D eigenvalue weighted by molar-refractivity contribution is 0.355. The highest BCUT2D eigenvalue weighted by molar-refractivity contribution is 5.74. The van der Waals surface area contributed by atoms with Gasteiger partial charge < -0.3 is 20.9 Å². The summed E-state index contributed by atoms with van der Waals surface area (Å²) in [4.78, 5) is 7.85. The second-order valence-corrected chi connectivity index (χ2v) is 3.87. The molecule has 0 amide bonds. The number of nitrogens with two attached hydrogens (primary N) is 2. The molecule has 7 nitrogen and oxygen atoms in total. The zero-order valence-electron chi connectivity index (χ0n) is 11.0. The number of nitrogen functional groups attached to an aromatic ring is 2. The highest BCUT2D eigenvalue weighted by Gasteiger charge is 2.15. The number of benzene rings is 1. The summed E-state index contributed by atoms with van der Waals surface area (Å²) in [7, 11) is 3.06. The molecule has 0 aliphatic rings. The Morgan fingerprint density at radius 2 is 1.80 bits per heavy atom. The summed E-state index contributed by atoms with van der Waals surface area (Å²) in [6, 6.07) is 7.12. The minimum atomic E-state index is 0.00582. The highest BCUT2D eigenvalue weighted by Crippen LogP contribution is 2.33. The molecule has 7 heteroatoms. The van der Waals surface area contributed by atoms with Gasteiger partial charge in [0, 0.05) is 5.56 Å². The van der Waals surface area contributed by atoms with E-state index in [9.17, 15) is 5.26 Å². The molecule has 2 rings (SSSR count). The molecular formula is C13H13N5O2. The minimum Gasteiger partial charge on any atom is -0.493 e. The molecule has 0 aliphatic heterocycles. The number of anilines is 2. The van der Waals surface area contributed by atoms with Gasteiger partial charge >= 0.3 is 0 Å². The topological polar surface area (TPSA) is 120 Å². The van der Waals surface area contributed by atoms with Gasteiger partial charge in [-0.2, -0.15) is 10.2 Å². The largest absolute Gasteiger partial charge is 0.493 e. The maximum absolute atomic E-state index is 9.17. The molecule has 4 N–H and O–H groups in total. The Bertz CT molecular complexity index is 694. The Balaban J connectivity index is 2.66. The molecule has 102 valence electrons. The molecule has 0 saturated carbocycles. The Morgan fingerprint density at radius 1 is 1.10 bits per heavy atom. The summed E-state index contributed by atoms with van der Waals surface area (Å²) in [5.74, 6) is 1.14. The summed E-state index contributed by atoms with van der Waals surface area (Å²) >= 11 is 0. The molecule has 1 aromatic carbocycles. The molecule has 0 radical (unpaired) electrons. The first-order valence-electron chi connectivity index (χ1n) is 5.66. The molecule has 0 atom stereocenters. The quantitative estimate of drug-likeness (QED) is 0.860. The fourth-order valence-electron chi connectivity index (χ4n) is 1.80. The SMILES string of the molecule is COc1ccc(-c2nc(N)nc(N)c2C#N)cc1OC. The molecule has 0 saturated heterocycles. The third kappa shape index (κ3) is 2.27. The van der Waals surface area contributed by atoms with Crippen LogP contribution in [0.4, 0.5) is 11.8 Å². The maximum atomic E-state index is 9.17. The standard InChI is InChI=1S/C13H13N5O2/c1-19-9-4-3-7(5-10(9)20-2)11-8(6-14)12(15)18-13(16)17-11/h3-5H,1-2H3,(H4,15,16,17,18). The van der Waals surface area contributed by atoms with E-state index in [-0.39, 0.29) is 17.3 Å². The summed E-state index contributed by atoms with van der Waals surface area (Å²) < 4.78 is 10.4. The molecule has 0 aliphatic carbocycles. The van der Waals surface area contributed by atoms with Gasteiger partial charge in [-0.15, -0.1) is 0 Å². The van der Waals surface area contributed by atoms with Crippen LogP contribution in [0.5, 0.6) is 11.5 Å². The van der Waals surface area contributed by atoms with Gasteiger partial charge in [-0.1, -0.05) is 0 Å². The number of nitriles is 1. The van der Waals surface area contributed by atoms with Crippen LogP contribution in [0.25, 0.3) is 11.3 Å². The molecule has 0 bridgehead atoms. The van der Waals surface area contributed by atoms with Crippen molar-refractivity contribution in [3.63, 3.8) is 0 Å². The number of aromatic nitrogens is 2. The van der Waals surface area contributed by atoms with Gasteiger partial charge in [0.25, 0.3) is 0 Å². The van der Waals surface area contributed by atoms with E-state index in [4.69, 9.17) is 20.9 Å². The Hall–Kier alpha value is -3.01. The van der Waals surface area contributed by atoms with Gasteiger partial charge in [-0.3, -0.25) is 0 Å². The Morgan fingerprint density at radius 3 is 2.40 bits per heavy atom. The van der Waals surface area contributed by atoms with Crippen molar-refractivity contribution in [2.75, 3.05) is 25.7 Å². The van der Waals surface area contributed by atoms with Crippen molar-refractivity contribution in [2.24, 2.45) is 0 Å². The van der Waals surface area contributed by atoms with E-state index in [1.54, 1.807) is 25.3 Å². The van der Waals surface area contributed by atoms with Crippen molar-refractivity contribution in [3.8, 4) is 28.8 Å². The molecule has 1 aromatic heterocycles. The van der Waals surface area contributed by atoms with Gasteiger partial charge in [0.05, 0.1) is 19.9 Å². The van der Waals surface area contributed by atoms with Crippen molar-refractivity contribution in [2.45, 2.75) is 0 Å². The van der Waals surface area contributed by atoms with E-state index < -0.39 is 0 Å². The molecular weight excluding hydrogens is 258 g/mol. The van der Waals surface area contributed by atoms with E-state index in [1.165, 1.54) is 7.11 Å². The van der Waals surface area contributed by atoms with Crippen molar-refractivity contribution < 1.29 is 9.47 Å². The van der Waals surface area contributed by atoms with Gasteiger partial charge in [-0.05, 0) is 18.2 Å². The van der Waals surface area contributed by atoms with Crippen LogP contribution in [-0.2, 0) is 0 Å². The van der Waals surface area contributed by atoms with Gasteiger partial charge in [0.1, 0.15) is 17.5 Å². The number of rotatable bonds is 3. The summed E-state index contributed by atoms with van der Waals surface area (Å²) in [6.45, 7) is 0. The number of methoxy groups -OCH3 is 2. The third-order valence-corrected chi connectivity index (χ3v) is 2.72. The number of hydrogen-bond donors (Lipinski definition) is 2. The fraction of sp³-hybridized carbons (Fsp3) is 0.154. The Labute approximate surface area is 115 Å². The average Bonchev–Trinajstić information content (AvgIpc) is 2.45. The molecule has 0 unspecified atom stereocenters. The van der Waals surface area contributed by atoms with Crippen LogP contribution >= 0.6 is 0 Å². The van der Waals surface area contributed by atoms with Crippen molar-refractivity contribution in [3.05, 3.63) is 23.8 Å². The fourth-order valence-corrected chi connectivity index (χ4v) is 1.80. The van der Waals surface area contributed by atoms with Crippen LogP contribution in [0, 0.1) is 11.3 Å². The second kappa shape index (κ2) is 5.32. The number of nitrogens with zero attached hydrogens (tertiary/aromatic N) is 3. The Kier molecular flexibility index (Phi) is 3.57. The predicted octanol–water partition coefficient (Wildman–Crippen LogP) is 1.20.